The van der Waals surface area contributed by atoms with Gasteiger partial charge in [0.25, 0.3) is 0 Å². The Morgan fingerprint density at radius 2 is 1.96 bits per heavy atom. The van der Waals surface area contributed by atoms with E-state index < -0.39 is 0 Å². The minimum atomic E-state index is 0.0328. The molecule has 1 aliphatic heterocycles. The van der Waals surface area contributed by atoms with Crippen LogP contribution in [0.1, 0.15) is 30.9 Å². The molecule has 8 heteroatoms. The summed E-state index contributed by atoms with van der Waals surface area (Å²) in [6.07, 6.45) is 2.58. The molecule has 0 bridgehead atoms. The highest BCUT2D eigenvalue weighted by Crippen LogP contribution is 2.44. The fourth-order valence-electron chi connectivity index (χ4n) is 3.14. The number of rotatable bonds is 2. The highest BCUT2D eigenvalue weighted by Gasteiger charge is 2.35. The average molecular weight is 453 g/mol. The second-order valence-electron chi connectivity index (χ2n) is 5.58. The van der Waals surface area contributed by atoms with Gasteiger partial charge in [0.15, 0.2) is 11.6 Å². The topological polar surface area (TPSA) is 59.7 Å². The highest BCUT2D eigenvalue weighted by atomic mass is 127. The minimum Gasteiger partial charge on any atom is -0.314 e. The first-order chi connectivity index (χ1) is 11.6. The smallest absolute Gasteiger partial charge is 0.224 e. The second-order valence-corrected chi connectivity index (χ2v) is 7.16. The summed E-state index contributed by atoms with van der Waals surface area (Å²) in [7, 11) is 0. The van der Waals surface area contributed by atoms with E-state index in [0.717, 1.165) is 35.1 Å². The lowest BCUT2D eigenvalue weighted by Crippen LogP contribution is -2.32. The van der Waals surface area contributed by atoms with Crippen molar-refractivity contribution in [2.75, 3.05) is 4.90 Å². The van der Waals surface area contributed by atoms with E-state index in [9.17, 15) is 0 Å². The van der Waals surface area contributed by atoms with Gasteiger partial charge >= 0.3 is 0 Å². The van der Waals surface area contributed by atoms with Gasteiger partial charge in [-0.3, -0.25) is 4.57 Å². The lowest BCUT2D eigenvalue weighted by Gasteiger charge is -2.37. The molecule has 0 N–H and O–H groups in total. The van der Waals surface area contributed by atoms with E-state index in [1.54, 1.807) is 6.33 Å². The number of benzene rings is 1. The Morgan fingerprint density at radius 3 is 2.67 bits per heavy atom. The quantitative estimate of drug-likeness (QED) is 0.430. The summed E-state index contributed by atoms with van der Waals surface area (Å²) in [6.45, 7) is 4.05. The van der Waals surface area contributed by atoms with E-state index in [-0.39, 0.29) is 11.3 Å². The fraction of sp³-hybridized carbons (Fsp3) is 0.250. The van der Waals surface area contributed by atoms with Crippen molar-refractivity contribution in [1.82, 2.24) is 24.7 Å². The number of hydrogen-bond donors (Lipinski definition) is 0. The van der Waals surface area contributed by atoms with Crippen molar-refractivity contribution in [3.05, 3.63) is 51.0 Å². The van der Waals surface area contributed by atoms with Gasteiger partial charge in [0.1, 0.15) is 12.0 Å². The van der Waals surface area contributed by atoms with Crippen LogP contribution in [-0.2, 0) is 0 Å². The molecule has 2 aromatic heterocycles. The molecule has 4 rings (SSSR count). The molecular formula is C16H14ClIN6. The molecule has 0 fully saturated rings. The molecule has 1 atom stereocenters. The Hall–Kier alpha value is -1.74. The Labute approximate surface area is 158 Å². The van der Waals surface area contributed by atoms with Crippen LogP contribution in [0.4, 0.5) is 11.5 Å². The largest absolute Gasteiger partial charge is 0.314 e. The van der Waals surface area contributed by atoms with E-state index in [0.29, 0.717) is 0 Å². The predicted octanol–water partition coefficient (Wildman–Crippen LogP) is 4.23. The van der Waals surface area contributed by atoms with Gasteiger partial charge in [0.2, 0.25) is 5.28 Å². The van der Waals surface area contributed by atoms with Crippen molar-refractivity contribution in [3.63, 3.8) is 0 Å². The van der Waals surface area contributed by atoms with Crippen molar-refractivity contribution in [3.8, 4) is 5.69 Å². The van der Waals surface area contributed by atoms with Gasteiger partial charge in [-0.15, -0.1) is 10.2 Å². The van der Waals surface area contributed by atoms with Crippen molar-refractivity contribution >= 4 is 45.7 Å². The van der Waals surface area contributed by atoms with Gasteiger partial charge in [-0.05, 0) is 71.8 Å². The van der Waals surface area contributed by atoms with Gasteiger partial charge in [0.05, 0.1) is 11.7 Å². The zero-order valence-corrected chi connectivity index (χ0v) is 16.0. The van der Waals surface area contributed by atoms with Crippen LogP contribution >= 0.6 is 34.2 Å². The molecule has 0 saturated heterocycles. The Bertz CT molecular complexity index is 907. The molecule has 6 nitrogen and oxygen atoms in total. The normalized spacial score (nSPS) is 16.0. The Morgan fingerprint density at radius 1 is 1.21 bits per heavy atom. The Balaban J connectivity index is 2.01. The summed E-state index contributed by atoms with van der Waals surface area (Å²) in [5.41, 5.74) is 2.73. The molecule has 0 radical (unpaired) electrons. The van der Waals surface area contributed by atoms with Crippen LogP contribution in [0.25, 0.3) is 5.69 Å². The molecule has 0 saturated carbocycles. The van der Waals surface area contributed by atoms with Gasteiger partial charge in [-0.1, -0.05) is 6.92 Å². The molecule has 24 heavy (non-hydrogen) atoms. The summed E-state index contributed by atoms with van der Waals surface area (Å²) in [5.74, 6) is 1.67. The second kappa shape index (κ2) is 5.96. The van der Waals surface area contributed by atoms with E-state index in [4.69, 9.17) is 11.6 Å². The van der Waals surface area contributed by atoms with Crippen molar-refractivity contribution in [1.29, 1.82) is 0 Å². The van der Waals surface area contributed by atoms with Crippen LogP contribution in [0.5, 0.6) is 0 Å². The van der Waals surface area contributed by atoms with Crippen LogP contribution < -0.4 is 4.90 Å². The number of aromatic nitrogens is 5. The third-order valence-corrected chi connectivity index (χ3v) is 5.05. The summed E-state index contributed by atoms with van der Waals surface area (Å²) < 4.78 is 3.15. The molecule has 0 amide bonds. The number of halogens is 2. The number of aryl methyl sites for hydroxylation is 1. The third kappa shape index (κ3) is 2.37. The minimum absolute atomic E-state index is 0.0328. The maximum atomic E-state index is 6.16. The summed E-state index contributed by atoms with van der Waals surface area (Å²) in [5, 5.41) is 8.69. The predicted molar refractivity (Wildman–Crippen MR) is 101 cm³/mol. The zero-order valence-electron chi connectivity index (χ0n) is 13.1. The summed E-state index contributed by atoms with van der Waals surface area (Å²) in [4.78, 5) is 11.0. The first-order valence-corrected chi connectivity index (χ1v) is 9.05. The maximum absolute atomic E-state index is 6.16. The molecule has 1 aromatic carbocycles. The number of fused-ring (bicyclic) bond motifs is 3. The van der Waals surface area contributed by atoms with Crippen molar-refractivity contribution in [2.45, 2.75) is 26.3 Å². The lowest BCUT2D eigenvalue weighted by molar-refractivity contribution is 0.588. The molecule has 1 unspecified atom stereocenters. The Kier molecular flexibility index (Phi) is 3.92. The van der Waals surface area contributed by atoms with Crippen LogP contribution in [-0.4, -0.2) is 24.7 Å². The van der Waals surface area contributed by atoms with Crippen LogP contribution in [0, 0.1) is 10.5 Å². The van der Waals surface area contributed by atoms with Crippen molar-refractivity contribution < 1.29 is 0 Å². The van der Waals surface area contributed by atoms with Crippen LogP contribution in [0.15, 0.2) is 30.6 Å². The van der Waals surface area contributed by atoms with E-state index >= 15 is 0 Å². The molecule has 0 aliphatic carbocycles. The molecule has 3 aromatic rings. The van der Waals surface area contributed by atoms with E-state index in [1.807, 2.05) is 11.5 Å². The molecule has 1 aliphatic rings. The van der Waals surface area contributed by atoms with Gasteiger partial charge in [-0.25, -0.2) is 4.98 Å². The highest BCUT2D eigenvalue weighted by molar-refractivity contribution is 14.1. The molecule has 3 heterocycles. The zero-order chi connectivity index (χ0) is 16.8. The van der Waals surface area contributed by atoms with Crippen LogP contribution in [0.2, 0.25) is 5.28 Å². The lowest BCUT2D eigenvalue weighted by atomic mass is 10.1. The van der Waals surface area contributed by atoms with Crippen LogP contribution in [0.3, 0.4) is 0 Å². The first kappa shape index (κ1) is 15.8. The molecule has 0 spiro atoms. The molecular weight excluding hydrogens is 439 g/mol. The summed E-state index contributed by atoms with van der Waals surface area (Å²) in [6, 6.07) is 8.37. The standard InChI is InChI=1S/C16H14ClIN6/c1-3-12-14-22-19-8-23(14)13-9(2)20-16(17)21-15(13)24(12)11-6-4-10(18)5-7-11/h4-8,12H,3H2,1-2H3. The van der Waals surface area contributed by atoms with Crippen molar-refractivity contribution in [2.24, 2.45) is 0 Å². The van der Waals surface area contributed by atoms with Gasteiger partial charge < -0.3 is 4.90 Å². The van der Waals surface area contributed by atoms with E-state index in [1.165, 1.54) is 3.57 Å². The summed E-state index contributed by atoms with van der Waals surface area (Å²) >= 11 is 8.46. The maximum Gasteiger partial charge on any atom is 0.224 e. The van der Waals surface area contributed by atoms with Gasteiger partial charge in [-0.2, -0.15) is 4.98 Å². The number of anilines is 2. The number of hydrogen-bond acceptors (Lipinski definition) is 5. The monoisotopic (exact) mass is 452 g/mol. The first-order valence-electron chi connectivity index (χ1n) is 7.59. The fourth-order valence-corrected chi connectivity index (χ4v) is 3.71. The average Bonchev–Trinajstić information content (AvgIpc) is 3.03. The van der Waals surface area contributed by atoms with E-state index in [2.05, 4.69) is 78.8 Å². The number of nitrogens with zero attached hydrogens (tertiary/aromatic N) is 6. The third-order valence-electron chi connectivity index (χ3n) is 4.16. The SMILES string of the molecule is CCC1c2nncn2-c2c(C)nc(Cl)nc2N1c1ccc(I)cc1. The van der Waals surface area contributed by atoms with Gasteiger partial charge in [0, 0.05) is 9.26 Å². The molecule has 122 valence electrons.